The van der Waals surface area contributed by atoms with Crippen LogP contribution in [0.25, 0.3) is 22.3 Å². The molecule has 1 heterocycles. The minimum Gasteiger partial charge on any atom is -0.348 e. The molecule has 0 unspecified atom stereocenters. The molecular formula is C36H42F4O2. The fourth-order valence-corrected chi connectivity index (χ4v) is 5.43. The van der Waals surface area contributed by atoms with Gasteiger partial charge in [-0.1, -0.05) is 113 Å². The Labute approximate surface area is 247 Å². The number of hydrogen-bond acceptors (Lipinski definition) is 2. The Kier molecular flexibility index (Phi) is 12.2. The van der Waals surface area contributed by atoms with Crippen molar-refractivity contribution in [3.63, 3.8) is 0 Å². The summed E-state index contributed by atoms with van der Waals surface area (Å²) in [6, 6.07) is 12.5. The van der Waals surface area contributed by atoms with Crippen molar-refractivity contribution in [1.82, 2.24) is 0 Å². The van der Waals surface area contributed by atoms with E-state index in [1.54, 1.807) is 36.4 Å². The third kappa shape index (κ3) is 8.11. The van der Waals surface area contributed by atoms with Crippen molar-refractivity contribution in [1.29, 1.82) is 0 Å². The predicted molar refractivity (Wildman–Crippen MR) is 161 cm³/mol. The Balaban J connectivity index is 1.38. The van der Waals surface area contributed by atoms with Gasteiger partial charge < -0.3 is 9.47 Å². The summed E-state index contributed by atoms with van der Waals surface area (Å²) >= 11 is 0. The molecule has 3 aromatic carbocycles. The second kappa shape index (κ2) is 16.0. The molecule has 3 aromatic rings. The number of ether oxygens (including phenoxy) is 2. The first kappa shape index (κ1) is 32.0. The number of rotatable bonds is 14. The fourth-order valence-electron chi connectivity index (χ4n) is 5.43. The highest BCUT2D eigenvalue weighted by molar-refractivity contribution is 5.71. The van der Waals surface area contributed by atoms with E-state index >= 15 is 8.78 Å². The van der Waals surface area contributed by atoms with Crippen LogP contribution in [0.3, 0.4) is 0 Å². The summed E-state index contributed by atoms with van der Waals surface area (Å²) in [5.41, 5.74) is 1.42. The molecule has 0 spiro atoms. The van der Waals surface area contributed by atoms with Crippen molar-refractivity contribution >= 4 is 0 Å². The van der Waals surface area contributed by atoms with Crippen LogP contribution in [0.5, 0.6) is 0 Å². The van der Waals surface area contributed by atoms with Gasteiger partial charge in [0.1, 0.15) is 0 Å². The maximum atomic E-state index is 15.2. The van der Waals surface area contributed by atoms with Gasteiger partial charge in [0.05, 0.1) is 13.2 Å². The van der Waals surface area contributed by atoms with Gasteiger partial charge in [-0.25, -0.2) is 17.6 Å². The van der Waals surface area contributed by atoms with Crippen LogP contribution in [0, 0.1) is 29.2 Å². The molecule has 0 atom stereocenters. The standard InChI is InChI=1S/C36H42F4O2/c1-3-5-7-9-10-11-13-25-23-41-36(42-24-25)31-22-21-30(34(39)35(31)40)27-17-15-26(16-18-27)29-20-19-28(32(37)33(29)38)14-12-8-6-4-2/h6,8,15-22,25,36H,3-5,7,9-14,23-24H2,1-2H3. The lowest BCUT2D eigenvalue weighted by atomic mass is 9.97. The average Bonchev–Trinajstić information content (AvgIpc) is 3.01. The molecule has 1 aliphatic heterocycles. The van der Waals surface area contributed by atoms with Crippen molar-refractivity contribution in [2.45, 2.75) is 84.3 Å². The number of benzene rings is 3. The third-order valence-electron chi connectivity index (χ3n) is 7.95. The average molecular weight is 583 g/mol. The van der Waals surface area contributed by atoms with Gasteiger partial charge in [-0.05, 0) is 42.4 Å². The quantitative estimate of drug-likeness (QED) is 0.107. The van der Waals surface area contributed by atoms with E-state index < -0.39 is 29.6 Å². The highest BCUT2D eigenvalue weighted by atomic mass is 19.2. The maximum Gasteiger partial charge on any atom is 0.186 e. The third-order valence-corrected chi connectivity index (χ3v) is 7.95. The highest BCUT2D eigenvalue weighted by Gasteiger charge is 2.28. The van der Waals surface area contributed by atoms with Crippen molar-refractivity contribution in [3.05, 3.63) is 95.1 Å². The van der Waals surface area contributed by atoms with Crippen LogP contribution in [0.15, 0.2) is 60.7 Å². The van der Waals surface area contributed by atoms with E-state index in [1.165, 1.54) is 44.2 Å². The van der Waals surface area contributed by atoms with Gasteiger partial charge in [-0.15, -0.1) is 0 Å². The number of halogens is 4. The molecular weight excluding hydrogens is 540 g/mol. The molecule has 2 nitrogen and oxygen atoms in total. The first-order valence-corrected chi connectivity index (χ1v) is 15.4. The van der Waals surface area contributed by atoms with Crippen LogP contribution in [-0.4, -0.2) is 13.2 Å². The molecule has 1 saturated heterocycles. The lowest BCUT2D eigenvalue weighted by Gasteiger charge is -2.30. The molecule has 226 valence electrons. The zero-order valence-corrected chi connectivity index (χ0v) is 24.7. The zero-order valence-electron chi connectivity index (χ0n) is 24.7. The van der Waals surface area contributed by atoms with Crippen LogP contribution in [-0.2, 0) is 15.9 Å². The van der Waals surface area contributed by atoms with Gasteiger partial charge in [0.15, 0.2) is 29.6 Å². The summed E-state index contributed by atoms with van der Waals surface area (Å²) in [5.74, 6) is -3.52. The summed E-state index contributed by atoms with van der Waals surface area (Å²) in [6.45, 7) is 5.13. The lowest BCUT2D eigenvalue weighted by molar-refractivity contribution is -0.207. The molecule has 0 saturated carbocycles. The lowest BCUT2D eigenvalue weighted by Crippen LogP contribution is -2.27. The summed E-state index contributed by atoms with van der Waals surface area (Å²) in [5, 5.41) is 0. The van der Waals surface area contributed by atoms with E-state index in [0.717, 1.165) is 19.3 Å². The number of allylic oxidation sites excluding steroid dienone is 2. The fraction of sp³-hybridized carbons (Fsp3) is 0.444. The van der Waals surface area contributed by atoms with Crippen LogP contribution in [0.4, 0.5) is 17.6 Å². The van der Waals surface area contributed by atoms with Gasteiger partial charge in [0, 0.05) is 22.6 Å². The first-order valence-electron chi connectivity index (χ1n) is 15.4. The van der Waals surface area contributed by atoms with E-state index in [0.29, 0.717) is 42.7 Å². The predicted octanol–water partition coefficient (Wildman–Crippen LogP) is 10.9. The number of hydrogen-bond donors (Lipinski definition) is 0. The minimum absolute atomic E-state index is 0.0358. The molecule has 0 radical (unpaired) electrons. The van der Waals surface area contributed by atoms with E-state index in [9.17, 15) is 8.78 Å². The van der Waals surface area contributed by atoms with Crippen molar-refractivity contribution in [2.75, 3.05) is 13.2 Å². The second-order valence-corrected chi connectivity index (χ2v) is 11.1. The van der Waals surface area contributed by atoms with Crippen molar-refractivity contribution < 1.29 is 27.0 Å². The monoisotopic (exact) mass is 582 g/mol. The zero-order chi connectivity index (χ0) is 29.9. The molecule has 1 aliphatic rings. The summed E-state index contributed by atoms with van der Waals surface area (Å²) in [7, 11) is 0. The molecule has 4 rings (SSSR count). The summed E-state index contributed by atoms with van der Waals surface area (Å²) < 4.78 is 71.5. The molecule has 0 N–H and O–H groups in total. The van der Waals surface area contributed by atoms with Gasteiger partial charge in [-0.2, -0.15) is 0 Å². The van der Waals surface area contributed by atoms with Crippen LogP contribution >= 0.6 is 0 Å². The molecule has 6 heteroatoms. The van der Waals surface area contributed by atoms with Crippen molar-refractivity contribution in [2.24, 2.45) is 5.92 Å². The molecule has 0 aliphatic carbocycles. The Morgan fingerprint density at radius 3 is 1.90 bits per heavy atom. The largest absolute Gasteiger partial charge is 0.348 e. The van der Waals surface area contributed by atoms with Crippen LogP contribution in [0.1, 0.15) is 89.1 Å². The highest BCUT2D eigenvalue weighted by Crippen LogP contribution is 2.35. The van der Waals surface area contributed by atoms with E-state index in [-0.39, 0.29) is 22.6 Å². The molecule has 42 heavy (non-hydrogen) atoms. The van der Waals surface area contributed by atoms with Gasteiger partial charge in [-0.3, -0.25) is 0 Å². The van der Waals surface area contributed by atoms with Crippen molar-refractivity contribution in [3.8, 4) is 22.3 Å². The normalized spacial score (nSPS) is 17.3. The maximum absolute atomic E-state index is 15.2. The number of aryl methyl sites for hydroxylation is 1. The topological polar surface area (TPSA) is 18.5 Å². The molecule has 0 amide bonds. The van der Waals surface area contributed by atoms with E-state index in [4.69, 9.17) is 9.47 Å². The number of unbranched alkanes of at least 4 members (excludes halogenated alkanes) is 5. The summed E-state index contributed by atoms with van der Waals surface area (Å²) in [4.78, 5) is 0. The second-order valence-electron chi connectivity index (χ2n) is 11.1. The van der Waals surface area contributed by atoms with Gasteiger partial charge >= 0.3 is 0 Å². The van der Waals surface area contributed by atoms with Gasteiger partial charge in [0.2, 0.25) is 0 Å². The Bertz CT molecular complexity index is 1310. The van der Waals surface area contributed by atoms with Gasteiger partial charge in [0.25, 0.3) is 0 Å². The first-order chi connectivity index (χ1) is 20.4. The van der Waals surface area contributed by atoms with Crippen LogP contribution in [0.2, 0.25) is 0 Å². The van der Waals surface area contributed by atoms with E-state index in [1.807, 2.05) is 19.1 Å². The minimum atomic E-state index is -1.01. The SMILES string of the molecule is CCC=CCCc1ccc(-c2ccc(-c3ccc(C4OCC(CCCCCCCC)CO4)c(F)c3F)cc2)c(F)c1F. The molecule has 0 aromatic heterocycles. The van der Waals surface area contributed by atoms with E-state index in [2.05, 4.69) is 6.92 Å². The smallest absolute Gasteiger partial charge is 0.186 e. The Morgan fingerprint density at radius 2 is 1.26 bits per heavy atom. The van der Waals surface area contributed by atoms with Crippen LogP contribution < -0.4 is 0 Å². The molecule has 1 fully saturated rings. The molecule has 0 bridgehead atoms. The summed E-state index contributed by atoms with van der Waals surface area (Å²) in [6.07, 6.45) is 13.3. The Morgan fingerprint density at radius 1 is 0.667 bits per heavy atom. The Hall–Kier alpha value is -2.96.